The van der Waals surface area contributed by atoms with Crippen LogP contribution in [0, 0.1) is 5.92 Å². The van der Waals surface area contributed by atoms with Crippen LogP contribution in [0.15, 0.2) is 42.9 Å². The summed E-state index contributed by atoms with van der Waals surface area (Å²) in [5.74, 6) is -4.81. The summed E-state index contributed by atoms with van der Waals surface area (Å²) >= 11 is 0. The van der Waals surface area contributed by atoms with Crippen LogP contribution in [0.2, 0.25) is 0 Å². The van der Waals surface area contributed by atoms with Gasteiger partial charge in [0.25, 0.3) is 0 Å². The molecule has 8 N–H and O–H groups in total. The van der Waals surface area contributed by atoms with E-state index in [1.807, 2.05) is 13.8 Å². The molecule has 206 valence electrons. The van der Waals surface area contributed by atoms with Gasteiger partial charge in [-0.1, -0.05) is 44.2 Å². The predicted molar refractivity (Wildman–Crippen MR) is 136 cm³/mol. The van der Waals surface area contributed by atoms with Crippen molar-refractivity contribution in [2.24, 2.45) is 11.7 Å². The Labute approximate surface area is 219 Å². The number of H-pyrrole nitrogens is 1. The number of amides is 3. The molecule has 1 aromatic carbocycles. The standard InChI is InChI=1S/C25H34N6O7/c1-14(2)8-20(25(37)38)31-24(36)19(10-16-12-27-13-28-16)30-23(35)18(9-15-6-4-3-5-7-15)29-22(34)17(26)11-21(32)33/h3-7,12-14,17-20H,8-11,26H2,1-2H3,(H,27,28)(H,29,34)(H,30,35)(H,31,36)(H,32,33)(H,37,38). The minimum absolute atomic E-state index is 0.0162. The first-order valence-electron chi connectivity index (χ1n) is 12.1. The van der Waals surface area contributed by atoms with Gasteiger partial charge in [-0.3, -0.25) is 19.2 Å². The van der Waals surface area contributed by atoms with Crippen LogP contribution >= 0.6 is 0 Å². The summed E-state index contributed by atoms with van der Waals surface area (Å²) in [5.41, 5.74) is 6.87. The Morgan fingerprint density at radius 1 is 0.895 bits per heavy atom. The van der Waals surface area contributed by atoms with Crippen LogP contribution in [0.4, 0.5) is 0 Å². The number of aromatic amines is 1. The number of nitrogens with zero attached hydrogens (tertiary/aromatic N) is 1. The predicted octanol–water partition coefficient (Wildman–Crippen LogP) is -0.418. The second kappa shape index (κ2) is 14.5. The molecule has 0 bridgehead atoms. The molecule has 1 heterocycles. The Kier molecular flexibility index (Phi) is 11.4. The molecule has 0 radical (unpaired) electrons. The van der Waals surface area contributed by atoms with Crippen molar-refractivity contribution in [3.05, 3.63) is 54.1 Å². The smallest absolute Gasteiger partial charge is 0.326 e. The van der Waals surface area contributed by atoms with Crippen molar-refractivity contribution in [3.63, 3.8) is 0 Å². The van der Waals surface area contributed by atoms with Crippen LogP contribution < -0.4 is 21.7 Å². The van der Waals surface area contributed by atoms with E-state index in [9.17, 15) is 29.1 Å². The molecule has 38 heavy (non-hydrogen) atoms. The van der Waals surface area contributed by atoms with E-state index < -0.39 is 60.2 Å². The van der Waals surface area contributed by atoms with Crippen molar-refractivity contribution < 1.29 is 34.2 Å². The fraction of sp³-hybridized carbons (Fsp3) is 0.440. The lowest BCUT2D eigenvalue weighted by Crippen LogP contribution is -2.58. The molecule has 0 fully saturated rings. The third kappa shape index (κ3) is 10.0. The average Bonchev–Trinajstić information content (AvgIpc) is 3.35. The van der Waals surface area contributed by atoms with Crippen LogP contribution in [0.3, 0.4) is 0 Å². The summed E-state index contributed by atoms with van der Waals surface area (Å²) in [6.07, 6.45) is 2.40. The quantitative estimate of drug-likeness (QED) is 0.159. The van der Waals surface area contributed by atoms with E-state index in [1.54, 1.807) is 30.3 Å². The van der Waals surface area contributed by atoms with Crippen molar-refractivity contribution in [1.29, 1.82) is 0 Å². The summed E-state index contributed by atoms with van der Waals surface area (Å²) in [4.78, 5) is 68.4. The van der Waals surface area contributed by atoms with Crippen LogP contribution in [0.25, 0.3) is 0 Å². The molecule has 3 amide bonds. The molecule has 0 saturated heterocycles. The van der Waals surface area contributed by atoms with Gasteiger partial charge in [0.2, 0.25) is 17.7 Å². The molecule has 0 saturated carbocycles. The lowest BCUT2D eigenvalue weighted by atomic mass is 10.0. The average molecular weight is 531 g/mol. The topological polar surface area (TPSA) is 217 Å². The molecule has 0 aliphatic carbocycles. The molecular formula is C25H34N6O7. The first-order valence-corrected chi connectivity index (χ1v) is 12.1. The monoisotopic (exact) mass is 530 g/mol. The van der Waals surface area contributed by atoms with Crippen molar-refractivity contribution in [3.8, 4) is 0 Å². The first-order chi connectivity index (χ1) is 18.0. The molecule has 2 aromatic rings. The highest BCUT2D eigenvalue weighted by Crippen LogP contribution is 2.09. The number of benzene rings is 1. The fourth-order valence-electron chi connectivity index (χ4n) is 3.68. The SMILES string of the molecule is CC(C)CC(NC(=O)C(Cc1cnc[nH]1)NC(=O)C(Cc1ccccc1)NC(=O)C(N)CC(=O)O)C(=O)O. The number of imidazole rings is 1. The van der Waals surface area contributed by atoms with Gasteiger partial charge in [0.1, 0.15) is 18.1 Å². The zero-order valence-corrected chi connectivity index (χ0v) is 21.2. The van der Waals surface area contributed by atoms with Gasteiger partial charge in [-0.15, -0.1) is 0 Å². The number of carboxylic acid groups (broad SMARTS) is 2. The minimum atomic E-state index is -1.39. The van der Waals surface area contributed by atoms with E-state index in [-0.39, 0.29) is 25.2 Å². The minimum Gasteiger partial charge on any atom is -0.481 e. The van der Waals surface area contributed by atoms with Crippen LogP contribution in [-0.4, -0.2) is 74.0 Å². The highest BCUT2D eigenvalue weighted by Gasteiger charge is 2.31. The zero-order chi connectivity index (χ0) is 28.2. The van der Waals surface area contributed by atoms with Crippen LogP contribution in [0.5, 0.6) is 0 Å². The third-order valence-corrected chi connectivity index (χ3v) is 5.58. The molecule has 13 nitrogen and oxygen atoms in total. The van der Waals surface area contributed by atoms with E-state index in [2.05, 4.69) is 25.9 Å². The number of hydrogen-bond acceptors (Lipinski definition) is 7. The zero-order valence-electron chi connectivity index (χ0n) is 21.2. The van der Waals surface area contributed by atoms with Gasteiger partial charge in [-0.05, 0) is 17.9 Å². The Morgan fingerprint density at radius 3 is 2.00 bits per heavy atom. The maximum Gasteiger partial charge on any atom is 0.326 e. The summed E-state index contributed by atoms with van der Waals surface area (Å²) in [5, 5.41) is 26.0. The Morgan fingerprint density at radius 2 is 1.47 bits per heavy atom. The lowest BCUT2D eigenvalue weighted by Gasteiger charge is -2.25. The van der Waals surface area contributed by atoms with Gasteiger partial charge in [0, 0.05) is 24.7 Å². The molecule has 0 aliphatic rings. The number of nitrogens with one attached hydrogen (secondary N) is 4. The van der Waals surface area contributed by atoms with Crippen molar-refractivity contribution in [2.75, 3.05) is 0 Å². The van der Waals surface area contributed by atoms with Crippen molar-refractivity contribution in [1.82, 2.24) is 25.9 Å². The van der Waals surface area contributed by atoms with E-state index in [4.69, 9.17) is 10.8 Å². The molecule has 13 heteroatoms. The number of aromatic nitrogens is 2. The van der Waals surface area contributed by atoms with Gasteiger partial charge in [-0.25, -0.2) is 9.78 Å². The van der Waals surface area contributed by atoms with Crippen LogP contribution in [0.1, 0.15) is 37.9 Å². The van der Waals surface area contributed by atoms with Gasteiger partial charge in [-0.2, -0.15) is 0 Å². The molecule has 1 aromatic heterocycles. The van der Waals surface area contributed by atoms with Gasteiger partial charge in [0.15, 0.2) is 0 Å². The summed E-state index contributed by atoms with van der Waals surface area (Å²) in [7, 11) is 0. The third-order valence-electron chi connectivity index (χ3n) is 5.58. The van der Waals surface area contributed by atoms with E-state index >= 15 is 0 Å². The summed E-state index contributed by atoms with van der Waals surface area (Å²) in [6, 6.07) is 3.78. The van der Waals surface area contributed by atoms with E-state index in [0.29, 0.717) is 11.3 Å². The number of carbonyl (C=O) groups excluding carboxylic acids is 3. The van der Waals surface area contributed by atoms with Gasteiger partial charge < -0.3 is 36.9 Å². The Bertz CT molecular complexity index is 1090. The Balaban J connectivity index is 2.27. The number of carbonyl (C=O) groups is 5. The van der Waals surface area contributed by atoms with Crippen LogP contribution in [-0.2, 0) is 36.8 Å². The van der Waals surface area contributed by atoms with Gasteiger partial charge in [0.05, 0.1) is 18.8 Å². The summed E-state index contributed by atoms with van der Waals surface area (Å²) < 4.78 is 0. The second-order valence-electron chi connectivity index (χ2n) is 9.33. The fourth-order valence-corrected chi connectivity index (χ4v) is 3.68. The molecule has 4 unspecified atom stereocenters. The lowest BCUT2D eigenvalue weighted by molar-refractivity contribution is -0.142. The van der Waals surface area contributed by atoms with Crippen molar-refractivity contribution >= 4 is 29.7 Å². The van der Waals surface area contributed by atoms with E-state index in [1.165, 1.54) is 12.5 Å². The highest BCUT2D eigenvalue weighted by atomic mass is 16.4. The molecular weight excluding hydrogens is 496 g/mol. The molecule has 0 spiro atoms. The second-order valence-corrected chi connectivity index (χ2v) is 9.33. The number of nitrogens with two attached hydrogens (primary N) is 1. The van der Waals surface area contributed by atoms with E-state index in [0.717, 1.165) is 0 Å². The maximum absolute atomic E-state index is 13.4. The first kappa shape index (κ1) is 30.0. The Hall–Kier alpha value is -4.26. The maximum atomic E-state index is 13.4. The van der Waals surface area contributed by atoms with Gasteiger partial charge >= 0.3 is 11.9 Å². The largest absolute Gasteiger partial charge is 0.481 e. The molecule has 2 rings (SSSR count). The molecule has 4 atom stereocenters. The normalized spacial score (nSPS) is 14.1. The number of aliphatic carboxylic acids is 2. The number of carboxylic acids is 2. The number of rotatable bonds is 15. The molecule has 0 aliphatic heterocycles. The van der Waals surface area contributed by atoms with Crippen molar-refractivity contribution in [2.45, 2.75) is 63.7 Å². The number of hydrogen-bond donors (Lipinski definition) is 7. The highest BCUT2D eigenvalue weighted by molar-refractivity contribution is 5.95. The summed E-state index contributed by atoms with van der Waals surface area (Å²) in [6.45, 7) is 3.63.